The van der Waals surface area contributed by atoms with Crippen molar-refractivity contribution < 1.29 is 13.7 Å². The number of carbonyl (C=O) groups is 1. The molecule has 2 aliphatic rings. The van der Waals surface area contributed by atoms with E-state index in [1.807, 2.05) is 32.4 Å². The third-order valence-corrected chi connectivity index (χ3v) is 7.04. The van der Waals surface area contributed by atoms with Crippen molar-refractivity contribution in [3.05, 3.63) is 42.6 Å². The highest BCUT2D eigenvalue weighted by Gasteiger charge is 2.45. The maximum absolute atomic E-state index is 15.6. The summed E-state index contributed by atoms with van der Waals surface area (Å²) in [6.07, 6.45) is 9.66. The standard InChI is InChI=1S/C23H26FN9O2/c1-22(4-5-22)21-29-18(30-35-21)20(34)25-14-23(24)6-9-32(10-7-23)19-17-3-8-26-33(17)13-16(28-19)15-11-27-31(2)12-15/h3,8,11-13H,4-7,9-10,14H2,1-2H3,(H,25,34). The maximum atomic E-state index is 15.6. The molecule has 1 saturated carbocycles. The minimum atomic E-state index is -1.53. The summed E-state index contributed by atoms with van der Waals surface area (Å²) in [6, 6.07) is 1.90. The minimum Gasteiger partial charge on any atom is -0.355 e. The number of hydrogen-bond donors (Lipinski definition) is 1. The van der Waals surface area contributed by atoms with Crippen LogP contribution in [0.25, 0.3) is 16.8 Å². The number of amides is 1. The summed E-state index contributed by atoms with van der Waals surface area (Å²) in [7, 11) is 1.85. The molecule has 0 aromatic carbocycles. The van der Waals surface area contributed by atoms with Crippen molar-refractivity contribution in [2.45, 2.75) is 43.7 Å². The van der Waals surface area contributed by atoms with Gasteiger partial charge in [0.15, 0.2) is 5.82 Å². The topological polar surface area (TPSA) is 119 Å². The van der Waals surface area contributed by atoms with Gasteiger partial charge in [0.1, 0.15) is 11.2 Å². The quantitative estimate of drug-likeness (QED) is 0.447. The first-order valence-electron chi connectivity index (χ1n) is 11.7. The predicted octanol–water partition coefficient (Wildman–Crippen LogP) is 2.30. The van der Waals surface area contributed by atoms with Crippen LogP contribution in [-0.4, -0.2) is 65.7 Å². The number of fused-ring (bicyclic) bond motifs is 1. The molecule has 4 aromatic heterocycles. The molecule has 1 saturated heterocycles. The summed E-state index contributed by atoms with van der Waals surface area (Å²) >= 11 is 0. The minimum absolute atomic E-state index is 0.0475. The third kappa shape index (κ3) is 4.02. The Labute approximate surface area is 200 Å². The summed E-state index contributed by atoms with van der Waals surface area (Å²) in [5.41, 5.74) is 0.829. The smallest absolute Gasteiger partial charge is 0.292 e. The molecule has 5 heterocycles. The SMILES string of the molecule is Cn1cc(-c2cn3nccc3c(N3CCC(F)(CNC(=O)c4noc(C5(C)CC5)n4)CC3)n2)cn1. The van der Waals surface area contributed by atoms with Crippen molar-refractivity contribution >= 4 is 17.2 Å². The third-order valence-electron chi connectivity index (χ3n) is 7.04. The zero-order valence-electron chi connectivity index (χ0n) is 19.6. The normalized spacial score (nSPS) is 18.7. The van der Waals surface area contributed by atoms with Crippen molar-refractivity contribution in [1.82, 2.24) is 39.8 Å². The molecule has 1 aliphatic heterocycles. The first-order valence-corrected chi connectivity index (χ1v) is 11.7. The van der Waals surface area contributed by atoms with Crippen LogP contribution in [-0.2, 0) is 12.5 Å². The molecular weight excluding hydrogens is 453 g/mol. The molecule has 6 rings (SSSR count). The Morgan fingerprint density at radius 2 is 1.97 bits per heavy atom. The average molecular weight is 480 g/mol. The summed E-state index contributed by atoms with van der Waals surface area (Å²) < 4.78 is 24.3. The first-order chi connectivity index (χ1) is 16.8. The Morgan fingerprint density at radius 3 is 2.69 bits per heavy atom. The van der Waals surface area contributed by atoms with E-state index in [0.29, 0.717) is 19.0 Å². The Hall–Kier alpha value is -3.83. The van der Waals surface area contributed by atoms with Crippen molar-refractivity contribution in [2.75, 3.05) is 24.5 Å². The molecule has 0 bridgehead atoms. The van der Waals surface area contributed by atoms with Crippen LogP contribution in [0.5, 0.6) is 0 Å². The number of nitrogens with one attached hydrogen (secondary N) is 1. The number of halogens is 1. The molecule has 0 spiro atoms. The number of aromatic nitrogens is 7. The van der Waals surface area contributed by atoms with Gasteiger partial charge in [-0.1, -0.05) is 12.1 Å². The van der Waals surface area contributed by atoms with Crippen LogP contribution in [0, 0.1) is 0 Å². The summed E-state index contributed by atoms with van der Waals surface area (Å²) in [5, 5.41) is 15.0. The fourth-order valence-corrected chi connectivity index (χ4v) is 4.41. The molecule has 1 amide bonds. The molecule has 0 unspecified atom stereocenters. The lowest BCUT2D eigenvalue weighted by molar-refractivity contribution is 0.0843. The predicted molar refractivity (Wildman–Crippen MR) is 124 cm³/mol. The lowest BCUT2D eigenvalue weighted by Gasteiger charge is -2.37. The van der Waals surface area contributed by atoms with E-state index in [9.17, 15) is 4.79 Å². The second-order valence-corrected chi connectivity index (χ2v) is 9.82. The Balaban J connectivity index is 1.13. The largest absolute Gasteiger partial charge is 0.355 e. The van der Waals surface area contributed by atoms with Crippen LogP contribution in [0.1, 0.15) is 49.1 Å². The fourth-order valence-electron chi connectivity index (χ4n) is 4.41. The van der Waals surface area contributed by atoms with Crippen LogP contribution >= 0.6 is 0 Å². The Morgan fingerprint density at radius 1 is 1.17 bits per heavy atom. The zero-order valence-corrected chi connectivity index (χ0v) is 19.6. The second kappa shape index (κ2) is 7.85. The van der Waals surface area contributed by atoms with Crippen LogP contribution < -0.4 is 10.2 Å². The van der Waals surface area contributed by atoms with E-state index in [-0.39, 0.29) is 30.6 Å². The number of rotatable bonds is 6. The summed E-state index contributed by atoms with van der Waals surface area (Å²) in [6.45, 7) is 2.83. The highest BCUT2D eigenvalue weighted by Crippen LogP contribution is 2.46. The van der Waals surface area contributed by atoms with Crippen LogP contribution in [0.2, 0.25) is 0 Å². The molecule has 0 atom stereocenters. The van der Waals surface area contributed by atoms with Crippen molar-refractivity contribution in [2.24, 2.45) is 7.05 Å². The van der Waals surface area contributed by atoms with E-state index in [4.69, 9.17) is 9.51 Å². The molecule has 12 heteroatoms. The van der Waals surface area contributed by atoms with Gasteiger partial charge in [0.25, 0.3) is 11.7 Å². The van der Waals surface area contributed by atoms with Gasteiger partial charge in [0.05, 0.1) is 30.8 Å². The molecule has 4 aromatic rings. The van der Waals surface area contributed by atoms with Crippen LogP contribution in [0.15, 0.2) is 35.4 Å². The summed E-state index contributed by atoms with van der Waals surface area (Å²) in [5.74, 6) is 0.658. The van der Waals surface area contributed by atoms with Gasteiger partial charge in [0.2, 0.25) is 5.89 Å². The molecule has 182 valence electrons. The number of nitrogens with zero attached hydrogens (tertiary/aromatic N) is 8. The lowest BCUT2D eigenvalue weighted by Crippen LogP contribution is -2.48. The second-order valence-electron chi connectivity index (χ2n) is 9.82. The van der Waals surface area contributed by atoms with Crippen molar-refractivity contribution in [3.63, 3.8) is 0 Å². The van der Waals surface area contributed by atoms with E-state index < -0.39 is 11.6 Å². The lowest BCUT2D eigenvalue weighted by atomic mass is 9.93. The highest BCUT2D eigenvalue weighted by atomic mass is 19.1. The van der Waals surface area contributed by atoms with E-state index >= 15 is 4.39 Å². The zero-order chi connectivity index (χ0) is 24.2. The van der Waals surface area contributed by atoms with E-state index in [1.54, 1.807) is 21.6 Å². The molecule has 1 N–H and O–H groups in total. The van der Waals surface area contributed by atoms with Crippen LogP contribution in [0.3, 0.4) is 0 Å². The number of alkyl halides is 1. The molecule has 1 aliphatic carbocycles. The number of piperidine rings is 1. The van der Waals surface area contributed by atoms with Gasteiger partial charge in [0, 0.05) is 50.2 Å². The van der Waals surface area contributed by atoms with Gasteiger partial charge < -0.3 is 14.7 Å². The van der Waals surface area contributed by atoms with Gasteiger partial charge in [-0.25, -0.2) is 13.9 Å². The average Bonchev–Trinajstić information content (AvgIpc) is 3.30. The van der Waals surface area contributed by atoms with Gasteiger partial charge in [-0.3, -0.25) is 9.48 Å². The van der Waals surface area contributed by atoms with Gasteiger partial charge in [-0.05, 0) is 18.9 Å². The Kier molecular flexibility index (Phi) is 4.87. The number of aryl methyl sites for hydroxylation is 1. The van der Waals surface area contributed by atoms with E-state index in [2.05, 4.69) is 30.6 Å². The van der Waals surface area contributed by atoms with Crippen LogP contribution in [0.4, 0.5) is 10.2 Å². The maximum Gasteiger partial charge on any atom is 0.292 e. The molecule has 11 nitrogen and oxygen atoms in total. The Bertz CT molecular complexity index is 1390. The fraction of sp³-hybridized carbons (Fsp3) is 0.478. The monoisotopic (exact) mass is 479 g/mol. The molecular formula is C23H26FN9O2. The summed E-state index contributed by atoms with van der Waals surface area (Å²) in [4.78, 5) is 23.6. The molecule has 0 radical (unpaired) electrons. The van der Waals surface area contributed by atoms with Gasteiger partial charge >= 0.3 is 0 Å². The number of carbonyl (C=O) groups excluding carboxylic acids is 1. The van der Waals surface area contributed by atoms with Crippen molar-refractivity contribution in [1.29, 1.82) is 0 Å². The van der Waals surface area contributed by atoms with Crippen molar-refractivity contribution in [3.8, 4) is 11.3 Å². The first kappa shape index (κ1) is 21.7. The number of hydrogen-bond acceptors (Lipinski definition) is 8. The van der Waals surface area contributed by atoms with E-state index in [0.717, 1.165) is 35.4 Å². The van der Waals surface area contributed by atoms with E-state index in [1.165, 1.54) is 0 Å². The molecule has 35 heavy (non-hydrogen) atoms. The highest BCUT2D eigenvalue weighted by molar-refractivity contribution is 5.90. The van der Waals surface area contributed by atoms with Gasteiger partial charge in [-0.2, -0.15) is 15.2 Å². The number of anilines is 1. The van der Waals surface area contributed by atoms with Gasteiger partial charge in [-0.15, -0.1) is 0 Å². The molecule has 2 fully saturated rings.